The Balaban J connectivity index is 1.95. The van der Waals surface area contributed by atoms with Gasteiger partial charge in [-0.1, -0.05) is 23.5 Å². The molecule has 20 heavy (non-hydrogen) atoms. The summed E-state index contributed by atoms with van der Waals surface area (Å²) in [5, 5.41) is 18.7. The van der Waals surface area contributed by atoms with Gasteiger partial charge in [0.15, 0.2) is 0 Å². The average Bonchev–Trinajstić information content (AvgIpc) is 2.84. The summed E-state index contributed by atoms with van der Waals surface area (Å²) in [6, 6.07) is 11.4. The highest BCUT2D eigenvalue weighted by Gasteiger charge is 2.05. The third-order valence-electron chi connectivity index (χ3n) is 3.12. The molecule has 0 radical (unpaired) electrons. The van der Waals surface area contributed by atoms with E-state index >= 15 is 0 Å². The van der Waals surface area contributed by atoms with E-state index in [9.17, 15) is 5.11 Å². The van der Waals surface area contributed by atoms with Crippen molar-refractivity contribution >= 4 is 32.4 Å². The van der Waals surface area contributed by atoms with Gasteiger partial charge in [-0.15, -0.1) is 10.2 Å². The minimum atomic E-state index is 0.137. The van der Waals surface area contributed by atoms with Crippen LogP contribution in [-0.2, 0) is 0 Å². The maximum Gasteiger partial charge on any atom is 0.231 e. The van der Waals surface area contributed by atoms with Crippen molar-refractivity contribution in [3.8, 4) is 5.75 Å². The first-order valence-corrected chi connectivity index (χ1v) is 7.02. The highest BCUT2D eigenvalue weighted by molar-refractivity contribution is 7.21. The first kappa shape index (κ1) is 12.7. The molecule has 1 heterocycles. The molecule has 0 fully saturated rings. The Kier molecular flexibility index (Phi) is 3.20. The lowest BCUT2D eigenvalue weighted by Gasteiger charge is -2.02. The normalized spacial score (nSPS) is 11.5. The number of aromatic nitrogens is 1. The van der Waals surface area contributed by atoms with Gasteiger partial charge in [0.25, 0.3) is 0 Å². The molecule has 0 bridgehead atoms. The standard InChI is InChI=1S/C15H13N3OS/c1-9-7-12(13(19)8-10(9)2)17-18-15-16-11-5-3-4-6-14(11)20-15/h3-8,19H,1-2H3. The summed E-state index contributed by atoms with van der Waals surface area (Å²) in [6.07, 6.45) is 0. The van der Waals surface area contributed by atoms with Gasteiger partial charge in [0.2, 0.25) is 5.13 Å². The van der Waals surface area contributed by atoms with Crippen molar-refractivity contribution in [2.45, 2.75) is 13.8 Å². The number of benzene rings is 2. The second kappa shape index (κ2) is 5.02. The van der Waals surface area contributed by atoms with Crippen molar-refractivity contribution in [2.24, 2.45) is 10.2 Å². The number of hydrogen-bond acceptors (Lipinski definition) is 5. The minimum absolute atomic E-state index is 0.137. The Morgan fingerprint density at radius 1 is 1.05 bits per heavy atom. The Bertz CT molecular complexity index is 775. The molecule has 2 aromatic carbocycles. The number of rotatable bonds is 2. The van der Waals surface area contributed by atoms with Crippen LogP contribution in [0.3, 0.4) is 0 Å². The SMILES string of the molecule is Cc1cc(O)c(N=Nc2nc3ccccc3s2)cc1C. The highest BCUT2D eigenvalue weighted by atomic mass is 32.1. The van der Waals surface area contributed by atoms with Crippen LogP contribution in [0.5, 0.6) is 5.75 Å². The summed E-state index contributed by atoms with van der Waals surface area (Å²) >= 11 is 1.48. The fraction of sp³-hybridized carbons (Fsp3) is 0.133. The molecule has 1 N–H and O–H groups in total. The molecule has 0 aliphatic rings. The monoisotopic (exact) mass is 283 g/mol. The van der Waals surface area contributed by atoms with Crippen LogP contribution in [0.1, 0.15) is 11.1 Å². The van der Waals surface area contributed by atoms with E-state index in [1.165, 1.54) is 11.3 Å². The fourth-order valence-electron chi connectivity index (χ4n) is 1.87. The lowest BCUT2D eigenvalue weighted by atomic mass is 10.1. The van der Waals surface area contributed by atoms with E-state index < -0.39 is 0 Å². The number of para-hydroxylation sites is 1. The lowest BCUT2D eigenvalue weighted by Crippen LogP contribution is -1.79. The van der Waals surface area contributed by atoms with E-state index in [2.05, 4.69) is 15.2 Å². The zero-order chi connectivity index (χ0) is 14.1. The molecule has 0 aliphatic heterocycles. The van der Waals surface area contributed by atoms with Gasteiger partial charge >= 0.3 is 0 Å². The van der Waals surface area contributed by atoms with Gasteiger partial charge in [0.05, 0.1) is 10.2 Å². The molecule has 0 unspecified atom stereocenters. The fourth-order valence-corrected chi connectivity index (χ4v) is 2.65. The number of thiazole rings is 1. The molecule has 3 rings (SSSR count). The third-order valence-corrected chi connectivity index (χ3v) is 4.04. The third kappa shape index (κ3) is 2.40. The molecular formula is C15H13N3OS. The van der Waals surface area contributed by atoms with Crippen molar-refractivity contribution in [3.63, 3.8) is 0 Å². The first-order chi connectivity index (χ1) is 9.63. The predicted octanol–water partition coefficient (Wildman–Crippen LogP) is 5.03. The molecule has 3 aromatic rings. The summed E-state index contributed by atoms with van der Waals surface area (Å²) < 4.78 is 1.07. The summed E-state index contributed by atoms with van der Waals surface area (Å²) in [4.78, 5) is 4.37. The van der Waals surface area contributed by atoms with E-state index in [1.807, 2.05) is 44.2 Å². The van der Waals surface area contributed by atoms with E-state index in [1.54, 1.807) is 6.07 Å². The number of hydrogen-bond donors (Lipinski definition) is 1. The highest BCUT2D eigenvalue weighted by Crippen LogP contribution is 2.33. The van der Waals surface area contributed by atoms with Gasteiger partial charge in [-0.25, -0.2) is 4.98 Å². The van der Waals surface area contributed by atoms with Crippen molar-refractivity contribution in [3.05, 3.63) is 47.5 Å². The number of aromatic hydroxyl groups is 1. The lowest BCUT2D eigenvalue weighted by molar-refractivity contribution is 0.476. The maximum atomic E-state index is 9.86. The van der Waals surface area contributed by atoms with Gasteiger partial charge in [-0.3, -0.25) is 0 Å². The Hall–Kier alpha value is -2.27. The average molecular weight is 283 g/mol. The largest absolute Gasteiger partial charge is 0.506 e. The second-order valence-corrected chi connectivity index (χ2v) is 5.60. The molecule has 0 aliphatic carbocycles. The molecule has 1 aromatic heterocycles. The molecular weight excluding hydrogens is 270 g/mol. The number of nitrogens with zero attached hydrogens (tertiary/aromatic N) is 3. The summed E-state index contributed by atoms with van der Waals surface area (Å²) in [5.41, 5.74) is 3.48. The van der Waals surface area contributed by atoms with E-state index in [-0.39, 0.29) is 5.75 Å². The van der Waals surface area contributed by atoms with Crippen LogP contribution in [-0.4, -0.2) is 10.1 Å². The molecule has 4 nitrogen and oxygen atoms in total. The van der Waals surface area contributed by atoms with E-state index in [0.29, 0.717) is 10.8 Å². The quantitative estimate of drug-likeness (QED) is 0.670. The molecule has 0 saturated carbocycles. The Morgan fingerprint density at radius 3 is 2.60 bits per heavy atom. The Morgan fingerprint density at radius 2 is 1.80 bits per heavy atom. The smallest absolute Gasteiger partial charge is 0.231 e. The van der Waals surface area contributed by atoms with Gasteiger partial charge in [0, 0.05) is 0 Å². The van der Waals surface area contributed by atoms with Gasteiger partial charge in [-0.05, 0) is 49.2 Å². The van der Waals surface area contributed by atoms with E-state index in [0.717, 1.165) is 21.3 Å². The van der Waals surface area contributed by atoms with Crippen molar-refractivity contribution < 1.29 is 5.11 Å². The number of phenols is 1. The maximum absolute atomic E-state index is 9.86. The summed E-state index contributed by atoms with van der Waals surface area (Å²) in [5.74, 6) is 0.137. The number of aryl methyl sites for hydroxylation is 2. The zero-order valence-electron chi connectivity index (χ0n) is 11.2. The topological polar surface area (TPSA) is 57.8 Å². The van der Waals surface area contributed by atoms with Gasteiger partial charge in [0.1, 0.15) is 11.4 Å². The van der Waals surface area contributed by atoms with Crippen LogP contribution in [0, 0.1) is 13.8 Å². The summed E-state index contributed by atoms with van der Waals surface area (Å²) in [7, 11) is 0. The zero-order valence-corrected chi connectivity index (χ0v) is 12.0. The van der Waals surface area contributed by atoms with Crippen LogP contribution in [0.2, 0.25) is 0 Å². The van der Waals surface area contributed by atoms with Crippen LogP contribution >= 0.6 is 11.3 Å². The van der Waals surface area contributed by atoms with Gasteiger partial charge < -0.3 is 5.11 Å². The Labute approximate surface area is 120 Å². The number of fused-ring (bicyclic) bond motifs is 1. The van der Waals surface area contributed by atoms with Crippen LogP contribution in [0.15, 0.2) is 46.6 Å². The minimum Gasteiger partial charge on any atom is -0.506 e. The van der Waals surface area contributed by atoms with Crippen LogP contribution in [0.25, 0.3) is 10.2 Å². The second-order valence-electron chi connectivity index (χ2n) is 4.59. The van der Waals surface area contributed by atoms with E-state index in [4.69, 9.17) is 0 Å². The van der Waals surface area contributed by atoms with Crippen LogP contribution < -0.4 is 0 Å². The molecule has 5 heteroatoms. The molecule has 0 spiro atoms. The van der Waals surface area contributed by atoms with Crippen LogP contribution in [0.4, 0.5) is 10.8 Å². The molecule has 0 atom stereocenters. The predicted molar refractivity (Wildman–Crippen MR) is 81.4 cm³/mol. The summed E-state index contributed by atoms with van der Waals surface area (Å²) in [6.45, 7) is 3.93. The molecule has 0 amide bonds. The van der Waals surface area contributed by atoms with Crippen molar-refractivity contribution in [2.75, 3.05) is 0 Å². The van der Waals surface area contributed by atoms with Gasteiger partial charge in [-0.2, -0.15) is 0 Å². The number of azo groups is 1. The first-order valence-electron chi connectivity index (χ1n) is 6.21. The van der Waals surface area contributed by atoms with Crippen molar-refractivity contribution in [1.82, 2.24) is 4.98 Å². The van der Waals surface area contributed by atoms with Crippen molar-refractivity contribution in [1.29, 1.82) is 0 Å². The molecule has 100 valence electrons. The number of phenolic OH excluding ortho intramolecular Hbond substituents is 1. The molecule has 0 saturated heterocycles.